The predicted octanol–water partition coefficient (Wildman–Crippen LogP) is 2.27. The van der Waals surface area contributed by atoms with Gasteiger partial charge < -0.3 is 10.4 Å². The van der Waals surface area contributed by atoms with Gasteiger partial charge in [0, 0.05) is 12.5 Å². The first-order valence-electron chi connectivity index (χ1n) is 6.06. The van der Waals surface area contributed by atoms with E-state index in [9.17, 15) is 4.79 Å². The van der Waals surface area contributed by atoms with Crippen molar-refractivity contribution >= 4 is 5.97 Å². The molecule has 1 aliphatic carbocycles. The highest BCUT2D eigenvalue weighted by Gasteiger charge is 2.26. The Labute approximate surface area is 92.3 Å². The zero-order valence-electron chi connectivity index (χ0n) is 9.83. The smallest absolute Gasteiger partial charge is 0.303 e. The van der Waals surface area contributed by atoms with Crippen molar-refractivity contribution in [2.75, 3.05) is 6.54 Å². The summed E-state index contributed by atoms with van der Waals surface area (Å²) in [6, 6.07) is 0.590. The van der Waals surface area contributed by atoms with Crippen molar-refractivity contribution in [3.63, 3.8) is 0 Å². The number of aliphatic carboxylic acids is 1. The minimum Gasteiger partial charge on any atom is -0.481 e. The zero-order chi connectivity index (χ0) is 11.3. The Morgan fingerprint density at radius 1 is 1.33 bits per heavy atom. The summed E-state index contributed by atoms with van der Waals surface area (Å²) in [5, 5.41) is 12.0. The molecule has 0 radical (unpaired) electrons. The summed E-state index contributed by atoms with van der Waals surface area (Å²) in [4.78, 5) is 10.4. The van der Waals surface area contributed by atoms with E-state index >= 15 is 0 Å². The van der Waals surface area contributed by atoms with Gasteiger partial charge in [0.15, 0.2) is 0 Å². The quantitative estimate of drug-likeness (QED) is 0.689. The summed E-state index contributed by atoms with van der Waals surface area (Å²) in [6.07, 6.45) is 4.98. The first-order valence-corrected chi connectivity index (χ1v) is 6.06. The fourth-order valence-electron chi connectivity index (χ4n) is 2.59. The minimum absolute atomic E-state index is 0.280. The average Bonchev–Trinajstić information content (AvgIpc) is 2.15. The molecule has 88 valence electrons. The van der Waals surface area contributed by atoms with Crippen LogP contribution in [0.2, 0.25) is 0 Å². The normalized spacial score (nSPS) is 31.5. The molecule has 0 aromatic heterocycles. The topological polar surface area (TPSA) is 49.3 Å². The Morgan fingerprint density at radius 2 is 1.93 bits per heavy atom. The monoisotopic (exact) mass is 213 g/mol. The van der Waals surface area contributed by atoms with Gasteiger partial charge in [-0.25, -0.2) is 0 Å². The number of rotatable bonds is 5. The third kappa shape index (κ3) is 4.20. The molecule has 0 bridgehead atoms. The van der Waals surface area contributed by atoms with E-state index < -0.39 is 5.97 Å². The van der Waals surface area contributed by atoms with Gasteiger partial charge in [-0.2, -0.15) is 0 Å². The molecule has 0 saturated heterocycles. The zero-order valence-corrected chi connectivity index (χ0v) is 9.83. The van der Waals surface area contributed by atoms with E-state index in [0.29, 0.717) is 6.04 Å². The predicted molar refractivity (Wildman–Crippen MR) is 60.8 cm³/mol. The van der Waals surface area contributed by atoms with Gasteiger partial charge in [0.1, 0.15) is 0 Å². The molecule has 0 amide bonds. The largest absolute Gasteiger partial charge is 0.481 e. The van der Waals surface area contributed by atoms with Gasteiger partial charge in [-0.3, -0.25) is 4.79 Å². The Hall–Kier alpha value is -0.570. The molecule has 2 N–H and O–H groups in total. The summed E-state index contributed by atoms with van der Waals surface area (Å²) in [5.74, 6) is 0.777. The van der Waals surface area contributed by atoms with Crippen LogP contribution in [0.3, 0.4) is 0 Å². The maximum absolute atomic E-state index is 10.4. The summed E-state index contributed by atoms with van der Waals surface area (Å²) >= 11 is 0. The fraction of sp³-hybridized carbons (Fsp3) is 0.917. The number of nitrogens with one attached hydrogen (secondary N) is 1. The summed E-state index contributed by atoms with van der Waals surface area (Å²) < 4.78 is 0. The maximum Gasteiger partial charge on any atom is 0.303 e. The molecule has 2 unspecified atom stereocenters. The van der Waals surface area contributed by atoms with Crippen LogP contribution in [0.5, 0.6) is 0 Å². The number of carboxylic acids is 1. The van der Waals surface area contributed by atoms with Gasteiger partial charge in [0.25, 0.3) is 0 Å². The lowest BCUT2D eigenvalue weighted by Gasteiger charge is -2.35. The fourth-order valence-corrected chi connectivity index (χ4v) is 2.59. The standard InChI is InChI=1S/C12H23NO2/c1-9-5-3-6-10(2)12(9)13-8-4-7-11(14)15/h9-10,12-13H,3-8H2,1-2H3,(H,14,15). The molecule has 0 aliphatic heterocycles. The molecule has 1 aliphatic rings. The molecule has 2 atom stereocenters. The highest BCUT2D eigenvalue weighted by Crippen LogP contribution is 2.28. The number of hydrogen-bond acceptors (Lipinski definition) is 2. The summed E-state index contributed by atoms with van der Waals surface area (Å²) in [7, 11) is 0. The van der Waals surface area contributed by atoms with Gasteiger partial charge in [-0.1, -0.05) is 20.3 Å². The second-order valence-electron chi connectivity index (χ2n) is 4.86. The van der Waals surface area contributed by atoms with Crippen molar-refractivity contribution in [1.82, 2.24) is 5.32 Å². The second kappa shape index (κ2) is 6.11. The highest BCUT2D eigenvalue weighted by atomic mass is 16.4. The van der Waals surface area contributed by atoms with Crippen molar-refractivity contribution in [1.29, 1.82) is 0 Å². The van der Waals surface area contributed by atoms with E-state index in [2.05, 4.69) is 19.2 Å². The van der Waals surface area contributed by atoms with Gasteiger partial charge in [-0.05, 0) is 37.6 Å². The third-order valence-electron chi connectivity index (χ3n) is 3.49. The molecule has 1 saturated carbocycles. The van der Waals surface area contributed by atoms with Crippen molar-refractivity contribution in [3.05, 3.63) is 0 Å². The van der Waals surface area contributed by atoms with Crippen LogP contribution < -0.4 is 5.32 Å². The van der Waals surface area contributed by atoms with Crippen molar-refractivity contribution < 1.29 is 9.90 Å². The van der Waals surface area contributed by atoms with E-state index in [-0.39, 0.29) is 6.42 Å². The third-order valence-corrected chi connectivity index (χ3v) is 3.49. The Kier molecular flexibility index (Phi) is 5.09. The molecule has 0 aromatic rings. The second-order valence-corrected chi connectivity index (χ2v) is 4.86. The molecule has 3 heteroatoms. The highest BCUT2D eigenvalue weighted by molar-refractivity contribution is 5.66. The Bertz CT molecular complexity index is 196. The summed E-state index contributed by atoms with van der Waals surface area (Å²) in [5.41, 5.74) is 0. The van der Waals surface area contributed by atoms with E-state index in [1.807, 2.05) is 0 Å². The van der Waals surface area contributed by atoms with Gasteiger partial charge in [0.05, 0.1) is 0 Å². The van der Waals surface area contributed by atoms with E-state index in [0.717, 1.165) is 24.8 Å². The number of hydrogen-bond donors (Lipinski definition) is 2. The molecule has 1 fully saturated rings. The minimum atomic E-state index is -0.693. The van der Waals surface area contributed by atoms with Crippen LogP contribution in [0.4, 0.5) is 0 Å². The molecule has 0 heterocycles. The summed E-state index contributed by atoms with van der Waals surface area (Å²) in [6.45, 7) is 5.43. The number of carbonyl (C=O) groups is 1. The molecule has 1 rings (SSSR count). The Balaban J connectivity index is 2.20. The van der Waals surface area contributed by atoms with Crippen LogP contribution in [0.1, 0.15) is 46.0 Å². The van der Waals surface area contributed by atoms with E-state index in [1.165, 1.54) is 19.3 Å². The Morgan fingerprint density at radius 3 is 2.47 bits per heavy atom. The molecular formula is C12H23NO2. The molecule has 0 aromatic carbocycles. The lowest BCUT2D eigenvalue weighted by atomic mass is 9.79. The lowest BCUT2D eigenvalue weighted by molar-refractivity contribution is -0.137. The maximum atomic E-state index is 10.4. The SMILES string of the molecule is CC1CCCC(C)C1NCCCC(=O)O. The van der Waals surface area contributed by atoms with Crippen molar-refractivity contribution in [3.8, 4) is 0 Å². The van der Waals surface area contributed by atoms with Crippen LogP contribution in [-0.4, -0.2) is 23.7 Å². The van der Waals surface area contributed by atoms with Crippen LogP contribution in [0.15, 0.2) is 0 Å². The van der Waals surface area contributed by atoms with Crippen molar-refractivity contribution in [2.24, 2.45) is 11.8 Å². The van der Waals surface area contributed by atoms with Crippen LogP contribution in [0, 0.1) is 11.8 Å². The van der Waals surface area contributed by atoms with E-state index in [4.69, 9.17) is 5.11 Å². The van der Waals surface area contributed by atoms with Crippen LogP contribution in [0.25, 0.3) is 0 Å². The molecule has 15 heavy (non-hydrogen) atoms. The van der Waals surface area contributed by atoms with Gasteiger partial charge in [-0.15, -0.1) is 0 Å². The average molecular weight is 213 g/mol. The first-order chi connectivity index (χ1) is 7.11. The lowest BCUT2D eigenvalue weighted by Crippen LogP contribution is -2.43. The molecule has 0 spiro atoms. The van der Waals surface area contributed by atoms with Gasteiger partial charge >= 0.3 is 5.97 Å². The van der Waals surface area contributed by atoms with Crippen LogP contribution in [-0.2, 0) is 4.79 Å². The number of carboxylic acid groups (broad SMARTS) is 1. The van der Waals surface area contributed by atoms with Gasteiger partial charge in [0.2, 0.25) is 0 Å². The van der Waals surface area contributed by atoms with E-state index in [1.54, 1.807) is 0 Å². The molecule has 3 nitrogen and oxygen atoms in total. The first kappa shape index (κ1) is 12.5. The molecular weight excluding hydrogens is 190 g/mol. The van der Waals surface area contributed by atoms with Crippen molar-refractivity contribution in [2.45, 2.75) is 52.0 Å². The van der Waals surface area contributed by atoms with Crippen LogP contribution >= 0.6 is 0 Å².